The molecule has 1 aliphatic rings. The average Bonchev–Trinajstić information content (AvgIpc) is 2.61. The molecule has 0 radical (unpaired) electrons. The van der Waals surface area contributed by atoms with Crippen LogP contribution in [0.1, 0.15) is 28.2 Å². The van der Waals surface area contributed by atoms with Crippen LogP contribution in [0.25, 0.3) is 0 Å². The molecule has 0 aliphatic carbocycles. The zero-order valence-electron chi connectivity index (χ0n) is 9.02. The minimum absolute atomic E-state index is 0.314. The number of carboxylic acid groups (broad SMARTS) is 1. The lowest BCUT2D eigenvalue weighted by atomic mass is 10.1. The van der Waals surface area contributed by atoms with Gasteiger partial charge in [-0.05, 0) is 19.8 Å². The minimum Gasteiger partial charge on any atom is -0.477 e. The number of rotatable bonds is 3. The molecular weight excluding hydrogens is 228 g/mol. The monoisotopic (exact) mass is 242 g/mol. The summed E-state index contributed by atoms with van der Waals surface area (Å²) in [4.78, 5) is 15.4. The molecule has 0 bridgehead atoms. The van der Waals surface area contributed by atoms with Gasteiger partial charge in [0.05, 0.1) is 5.69 Å². The molecule has 1 aromatic heterocycles. The molecule has 2 rings (SSSR count). The van der Waals surface area contributed by atoms with Crippen molar-refractivity contribution in [1.29, 1.82) is 0 Å². The smallest absolute Gasteiger partial charge is 0.347 e. The molecule has 6 heteroatoms. The van der Waals surface area contributed by atoms with Crippen molar-refractivity contribution < 1.29 is 14.6 Å². The fourth-order valence-corrected chi connectivity index (χ4v) is 2.56. The van der Waals surface area contributed by atoms with Crippen molar-refractivity contribution in [2.24, 2.45) is 0 Å². The lowest BCUT2D eigenvalue weighted by molar-refractivity contribution is 0.0701. The number of nitrogens with zero attached hydrogens (tertiary/aromatic N) is 1. The summed E-state index contributed by atoms with van der Waals surface area (Å²) in [5.41, 5.74) is 0.576. The summed E-state index contributed by atoms with van der Waals surface area (Å²) in [7, 11) is 0. The second-order valence-corrected chi connectivity index (χ2v) is 4.77. The van der Waals surface area contributed by atoms with Gasteiger partial charge in [0.2, 0.25) is 0 Å². The number of hydrogen-bond acceptors (Lipinski definition) is 5. The third kappa shape index (κ3) is 2.51. The summed E-state index contributed by atoms with van der Waals surface area (Å²) in [6, 6.07) is 0.348. The molecular formula is C10H14N2O3S. The van der Waals surface area contributed by atoms with E-state index in [-0.39, 0.29) is 0 Å². The van der Waals surface area contributed by atoms with Gasteiger partial charge in [-0.15, -0.1) is 0 Å². The summed E-state index contributed by atoms with van der Waals surface area (Å²) in [5.74, 6) is -0.907. The van der Waals surface area contributed by atoms with Crippen LogP contribution >= 0.6 is 11.3 Å². The Balaban J connectivity index is 2.03. The summed E-state index contributed by atoms with van der Waals surface area (Å²) in [6.07, 6.45) is 1.89. The van der Waals surface area contributed by atoms with Crippen LogP contribution in [-0.4, -0.2) is 35.3 Å². The Bertz CT molecular complexity index is 385. The topological polar surface area (TPSA) is 71.5 Å². The van der Waals surface area contributed by atoms with Gasteiger partial charge in [0.25, 0.3) is 0 Å². The zero-order valence-corrected chi connectivity index (χ0v) is 9.84. The van der Waals surface area contributed by atoms with E-state index in [1.54, 1.807) is 6.92 Å². The van der Waals surface area contributed by atoms with E-state index in [1.807, 2.05) is 0 Å². The van der Waals surface area contributed by atoms with Gasteiger partial charge in [0, 0.05) is 19.3 Å². The lowest BCUT2D eigenvalue weighted by Crippen LogP contribution is -2.27. The highest BCUT2D eigenvalue weighted by atomic mass is 32.1. The van der Waals surface area contributed by atoms with Crippen molar-refractivity contribution in [1.82, 2.24) is 4.98 Å². The molecule has 0 aromatic carbocycles. The summed E-state index contributed by atoms with van der Waals surface area (Å²) < 4.78 is 5.25. The van der Waals surface area contributed by atoms with Gasteiger partial charge >= 0.3 is 5.97 Å². The molecule has 5 nitrogen and oxygen atoms in total. The van der Waals surface area contributed by atoms with E-state index in [9.17, 15) is 4.79 Å². The highest BCUT2D eigenvalue weighted by Gasteiger charge is 2.18. The van der Waals surface area contributed by atoms with Crippen LogP contribution in [-0.2, 0) is 4.74 Å². The van der Waals surface area contributed by atoms with Gasteiger partial charge < -0.3 is 15.2 Å². The number of hydrogen-bond donors (Lipinski definition) is 2. The standard InChI is InChI=1S/C10H14N2O3S/c1-6-8(9(13)14)16-10(11-6)12-7-2-4-15-5-3-7/h7H,2-5H2,1H3,(H,11,12)(H,13,14). The first-order valence-electron chi connectivity index (χ1n) is 5.22. The summed E-state index contributed by atoms with van der Waals surface area (Å²) in [6.45, 7) is 3.23. The highest BCUT2D eigenvalue weighted by Crippen LogP contribution is 2.24. The first-order valence-corrected chi connectivity index (χ1v) is 6.03. The number of carbonyl (C=O) groups is 1. The third-order valence-corrected chi connectivity index (χ3v) is 3.62. The minimum atomic E-state index is -0.907. The SMILES string of the molecule is Cc1nc(NC2CCOCC2)sc1C(=O)O. The molecule has 0 unspecified atom stereocenters. The molecule has 2 N–H and O–H groups in total. The van der Waals surface area contributed by atoms with Gasteiger partial charge in [0.1, 0.15) is 4.88 Å². The van der Waals surface area contributed by atoms with E-state index < -0.39 is 5.97 Å². The predicted octanol–water partition coefficient (Wildman–Crippen LogP) is 1.74. The number of aromatic nitrogens is 1. The molecule has 1 aliphatic heterocycles. The molecule has 1 aromatic rings. The zero-order chi connectivity index (χ0) is 11.5. The first kappa shape index (κ1) is 11.3. The highest BCUT2D eigenvalue weighted by molar-refractivity contribution is 7.17. The van der Waals surface area contributed by atoms with Crippen molar-refractivity contribution >= 4 is 22.4 Å². The van der Waals surface area contributed by atoms with E-state index in [2.05, 4.69) is 10.3 Å². The quantitative estimate of drug-likeness (QED) is 0.844. The van der Waals surface area contributed by atoms with Gasteiger partial charge in [-0.25, -0.2) is 9.78 Å². The van der Waals surface area contributed by atoms with Gasteiger partial charge in [-0.1, -0.05) is 11.3 Å². The Hall–Kier alpha value is -1.14. The number of nitrogens with one attached hydrogen (secondary N) is 1. The molecule has 0 amide bonds. The van der Waals surface area contributed by atoms with Crippen LogP contribution < -0.4 is 5.32 Å². The van der Waals surface area contributed by atoms with Gasteiger partial charge in [0.15, 0.2) is 5.13 Å². The van der Waals surface area contributed by atoms with Crippen LogP contribution in [0.5, 0.6) is 0 Å². The number of thiazole rings is 1. The molecule has 0 saturated carbocycles. The number of aryl methyl sites for hydroxylation is 1. The number of anilines is 1. The van der Waals surface area contributed by atoms with Crippen molar-refractivity contribution in [3.05, 3.63) is 10.6 Å². The van der Waals surface area contributed by atoms with Crippen LogP contribution in [0, 0.1) is 6.92 Å². The maximum absolute atomic E-state index is 10.8. The molecule has 2 heterocycles. The maximum Gasteiger partial charge on any atom is 0.347 e. The normalized spacial score (nSPS) is 17.3. The number of ether oxygens (including phenoxy) is 1. The molecule has 1 fully saturated rings. The molecule has 0 spiro atoms. The third-order valence-electron chi connectivity index (χ3n) is 2.54. The second kappa shape index (κ2) is 4.80. The summed E-state index contributed by atoms with van der Waals surface area (Å²) in [5, 5.41) is 12.9. The van der Waals surface area contributed by atoms with E-state index in [4.69, 9.17) is 9.84 Å². The fraction of sp³-hybridized carbons (Fsp3) is 0.600. The molecule has 88 valence electrons. The largest absolute Gasteiger partial charge is 0.477 e. The fourth-order valence-electron chi connectivity index (χ4n) is 1.67. The Kier molecular flexibility index (Phi) is 3.40. The average molecular weight is 242 g/mol. The molecule has 0 atom stereocenters. The van der Waals surface area contributed by atoms with E-state index in [0.29, 0.717) is 21.7 Å². The van der Waals surface area contributed by atoms with E-state index in [1.165, 1.54) is 11.3 Å². The van der Waals surface area contributed by atoms with Crippen LogP contribution in [0.4, 0.5) is 5.13 Å². The van der Waals surface area contributed by atoms with Crippen molar-refractivity contribution in [3.8, 4) is 0 Å². The molecule has 16 heavy (non-hydrogen) atoms. The van der Waals surface area contributed by atoms with Crippen molar-refractivity contribution in [2.75, 3.05) is 18.5 Å². The van der Waals surface area contributed by atoms with Crippen molar-refractivity contribution in [2.45, 2.75) is 25.8 Å². The van der Waals surface area contributed by atoms with Crippen molar-refractivity contribution in [3.63, 3.8) is 0 Å². The first-order chi connectivity index (χ1) is 7.66. The Morgan fingerprint density at radius 2 is 2.25 bits per heavy atom. The van der Waals surface area contributed by atoms with Gasteiger partial charge in [-0.3, -0.25) is 0 Å². The number of carboxylic acids is 1. The lowest BCUT2D eigenvalue weighted by Gasteiger charge is -2.22. The van der Waals surface area contributed by atoms with Crippen LogP contribution in [0.15, 0.2) is 0 Å². The maximum atomic E-state index is 10.8. The van der Waals surface area contributed by atoms with Crippen LogP contribution in [0.3, 0.4) is 0 Å². The summed E-state index contributed by atoms with van der Waals surface area (Å²) >= 11 is 1.20. The molecule has 1 saturated heterocycles. The second-order valence-electron chi connectivity index (χ2n) is 3.77. The van der Waals surface area contributed by atoms with Gasteiger partial charge in [-0.2, -0.15) is 0 Å². The Labute approximate surface area is 97.5 Å². The Morgan fingerprint density at radius 1 is 1.56 bits per heavy atom. The Morgan fingerprint density at radius 3 is 2.81 bits per heavy atom. The van der Waals surface area contributed by atoms with E-state index in [0.717, 1.165) is 26.1 Å². The predicted molar refractivity (Wildman–Crippen MR) is 61.3 cm³/mol. The number of aromatic carboxylic acids is 1. The van der Waals surface area contributed by atoms with E-state index >= 15 is 0 Å². The van der Waals surface area contributed by atoms with Crippen LogP contribution in [0.2, 0.25) is 0 Å².